The van der Waals surface area contributed by atoms with E-state index in [4.69, 9.17) is 19.3 Å². The largest absolute Gasteiger partial charge is 0.493 e. The number of nitrogens with zero attached hydrogens (tertiary/aromatic N) is 3. The number of aromatic nitrogens is 3. The summed E-state index contributed by atoms with van der Waals surface area (Å²) in [6.45, 7) is 11.6. The Morgan fingerprint density at radius 1 is 1.38 bits per heavy atom. The third kappa shape index (κ3) is 5.09. The number of benzene rings is 1. The normalized spacial score (nSPS) is 15.2. The number of hydrogen-bond donors (Lipinski definition) is 1. The van der Waals surface area contributed by atoms with E-state index in [1.807, 2.05) is 39.0 Å². The van der Waals surface area contributed by atoms with Crippen LogP contribution in [-0.4, -0.2) is 46.3 Å². The maximum Gasteiger partial charge on any atom is 0.338 e. The smallest absolute Gasteiger partial charge is 0.338 e. The van der Waals surface area contributed by atoms with Gasteiger partial charge in [0.1, 0.15) is 12.6 Å². The fourth-order valence-corrected chi connectivity index (χ4v) is 4.06. The van der Waals surface area contributed by atoms with Crippen molar-refractivity contribution in [2.24, 2.45) is 0 Å². The van der Waals surface area contributed by atoms with Gasteiger partial charge >= 0.3 is 5.97 Å². The number of allylic oxidation sites excluding steroid dienone is 1. The summed E-state index contributed by atoms with van der Waals surface area (Å²) in [5, 5.41) is 8.55. The molecule has 8 nitrogen and oxygen atoms in total. The first-order chi connectivity index (χ1) is 15.4. The van der Waals surface area contributed by atoms with Crippen molar-refractivity contribution in [3.8, 4) is 11.5 Å². The molecule has 1 aromatic carbocycles. The number of methoxy groups -OCH3 is 1. The topological polar surface area (TPSA) is 87.5 Å². The van der Waals surface area contributed by atoms with E-state index in [0.717, 1.165) is 17.7 Å². The average Bonchev–Trinajstić information content (AvgIpc) is 3.17. The maximum atomic E-state index is 13.0. The minimum atomic E-state index is -0.533. The van der Waals surface area contributed by atoms with Crippen molar-refractivity contribution in [2.45, 2.75) is 51.4 Å². The molecule has 9 heteroatoms. The second-order valence-electron chi connectivity index (χ2n) is 7.54. The third-order valence-electron chi connectivity index (χ3n) is 4.69. The fraction of sp³-hybridized carbons (Fsp3) is 0.435. The van der Waals surface area contributed by atoms with Crippen molar-refractivity contribution in [3.63, 3.8) is 0 Å². The summed E-state index contributed by atoms with van der Waals surface area (Å²) >= 11 is 1.58. The van der Waals surface area contributed by atoms with E-state index >= 15 is 0 Å². The Kier molecular flexibility index (Phi) is 7.84. The van der Waals surface area contributed by atoms with Crippen LogP contribution in [0.2, 0.25) is 0 Å². The van der Waals surface area contributed by atoms with Gasteiger partial charge in [-0.15, -0.1) is 5.10 Å². The zero-order valence-corrected chi connectivity index (χ0v) is 20.0. The number of thioether (sulfide) groups is 1. The highest BCUT2D eigenvalue weighted by molar-refractivity contribution is 7.99. The van der Waals surface area contributed by atoms with Crippen molar-refractivity contribution < 1.29 is 19.0 Å². The molecule has 2 aromatic rings. The monoisotopic (exact) mass is 458 g/mol. The summed E-state index contributed by atoms with van der Waals surface area (Å²) < 4.78 is 18.6. The lowest BCUT2D eigenvalue weighted by Crippen LogP contribution is -2.29. The fourth-order valence-electron chi connectivity index (χ4n) is 3.38. The Morgan fingerprint density at radius 3 is 2.81 bits per heavy atom. The van der Waals surface area contributed by atoms with Crippen LogP contribution in [0.25, 0.3) is 0 Å². The molecule has 172 valence electrons. The molecular formula is C23H30N4O4S. The summed E-state index contributed by atoms with van der Waals surface area (Å²) in [5.74, 6) is 2.25. The highest BCUT2D eigenvalue weighted by atomic mass is 32.2. The molecule has 0 saturated carbocycles. The Bertz CT molecular complexity index is 1020. The molecule has 1 N–H and O–H groups in total. The van der Waals surface area contributed by atoms with E-state index < -0.39 is 12.0 Å². The van der Waals surface area contributed by atoms with Crippen molar-refractivity contribution in [2.75, 3.05) is 24.8 Å². The summed E-state index contributed by atoms with van der Waals surface area (Å²) in [6.07, 6.45) is 2.55. The Hall–Kier alpha value is -2.94. The van der Waals surface area contributed by atoms with E-state index in [0.29, 0.717) is 33.9 Å². The molecule has 3 rings (SSSR count). The number of carbonyl (C=O) groups is 1. The molecule has 1 aromatic heterocycles. The van der Waals surface area contributed by atoms with Gasteiger partial charge < -0.3 is 19.5 Å². The molecule has 1 aliphatic heterocycles. The lowest BCUT2D eigenvalue weighted by Gasteiger charge is -2.28. The van der Waals surface area contributed by atoms with Gasteiger partial charge in [0.2, 0.25) is 11.1 Å². The molecule has 1 atom stereocenters. The van der Waals surface area contributed by atoms with Crippen molar-refractivity contribution >= 4 is 23.7 Å². The first-order valence-electron chi connectivity index (χ1n) is 10.6. The van der Waals surface area contributed by atoms with Crippen LogP contribution in [0.4, 0.5) is 5.95 Å². The van der Waals surface area contributed by atoms with Crippen LogP contribution in [0.3, 0.4) is 0 Å². The Labute approximate surface area is 193 Å². The van der Waals surface area contributed by atoms with E-state index in [-0.39, 0.29) is 12.7 Å². The van der Waals surface area contributed by atoms with Crippen molar-refractivity contribution in [1.82, 2.24) is 14.8 Å². The number of rotatable bonds is 10. The quantitative estimate of drug-likeness (QED) is 0.314. The number of fused-ring (bicyclic) bond motifs is 1. The molecule has 0 bridgehead atoms. The molecule has 0 radical (unpaired) electrons. The van der Waals surface area contributed by atoms with Crippen LogP contribution in [0, 0.1) is 0 Å². The van der Waals surface area contributed by atoms with Gasteiger partial charge in [-0.2, -0.15) is 4.98 Å². The van der Waals surface area contributed by atoms with Gasteiger partial charge in [0.05, 0.1) is 18.8 Å². The minimum Gasteiger partial charge on any atom is -0.493 e. The molecule has 2 heterocycles. The van der Waals surface area contributed by atoms with Crippen molar-refractivity contribution in [1.29, 1.82) is 0 Å². The van der Waals surface area contributed by atoms with Crippen LogP contribution in [-0.2, 0) is 9.53 Å². The second kappa shape index (κ2) is 10.6. The lowest BCUT2D eigenvalue weighted by atomic mass is 9.95. The predicted octanol–water partition coefficient (Wildman–Crippen LogP) is 4.59. The highest BCUT2D eigenvalue weighted by Crippen LogP contribution is 2.40. The molecule has 0 aliphatic carbocycles. The molecule has 32 heavy (non-hydrogen) atoms. The Balaban J connectivity index is 2.10. The highest BCUT2D eigenvalue weighted by Gasteiger charge is 2.35. The second-order valence-corrected chi connectivity index (χ2v) is 8.60. The van der Waals surface area contributed by atoms with Gasteiger partial charge in [-0.3, -0.25) is 0 Å². The number of carbonyl (C=O) groups excluding carboxylic acids is 1. The minimum absolute atomic E-state index is 0.000259. The SMILES string of the molecule is C=CCOC(=O)C1=C(C)Nc2nc(SCCC)nn2C1c1ccc(OC(C)C)c(OC)c1. The van der Waals surface area contributed by atoms with E-state index in [1.54, 1.807) is 29.6 Å². The summed E-state index contributed by atoms with van der Waals surface area (Å²) in [7, 11) is 1.59. The van der Waals surface area contributed by atoms with Crippen LogP contribution < -0.4 is 14.8 Å². The summed E-state index contributed by atoms with van der Waals surface area (Å²) in [4.78, 5) is 17.6. The summed E-state index contributed by atoms with van der Waals surface area (Å²) in [5.41, 5.74) is 1.93. The number of anilines is 1. The predicted molar refractivity (Wildman–Crippen MR) is 125 cm³/mol. The number of nitrogens with one attached hydrogen (secondary N) is 1. The van der Waals surface area contributed by atoms with Gasteiger partial charge in [0.15, 0.2) is 11.5 Å². The lowest BCUT2D eigenvalue weighted by molar-refractivity contribution is -0.138. The van der Waals surface area contributed by atoms with Crippen LogP contribution in [0.1, 0.15) is 45.7 Å². The van der Waals surface area contributed by atoms with Gasteiger partial charge in [-0.05, 0) is 44.9 Å². The number of ether oxygens (including phenoxy) is 3. The zero-order chi connectivity index (χ0) is 23.3. The number of hydrogen-bond acceptors (Lipinski definition) is 8. The van der Waals surface area contributed by atoms with E-state index in [2.05, 4.69) is 23.8 Å². The van der Waals surface area contributed by atoms with E-state index in [1.165, 1.54) is 0 Å². The van der Waals surface area contributed by atoms with Crippen LogP contribution in [0.5, 0.6) is 11.5 Å². The standard InChI is InChI=1S/C23H30N4O4S/c1-7-11-30-21(28)19-15(5)24-22-25-23(32-12-8-2)26-27(22)20(19)16-9-10-17(31-14(3)4)18(13-16)29-6/h7,9-10,13-14,20H,1,8,11-12H2,2-6H3,(H,24,25,26). The molecule has 0 fully saturated rings. The third-order valence-corrected chi connectivity index (χ3v) is 5.73. The number of esters is 1. The van der Waals surface area contributed by atoms with Crippen LogP contribution >= 0.6 is 11.8 Å². The summed E-state index contributed by atoms with van der Waals surface area (Å²) in [6, 6.07) is 5.09. The first kappa shape index (κ1) is 23.7. The van der Waals surface area contributed by atoms with Gasteiger partial charge in [-0.25, -0.2) is 9.48 Å². The van der Waals surface area contributed by atoms with Gasteiger partial charge in [0.25, 0.3) is 0 Å². The van der Waals surface area contributed by atoms with Gasteiger partial charge in [0, 0.05) is 11.4 Å². The molecule has 0 amide bonds. The Morgan fingerprint density at radius 2 is 2.16 bits per heavy atom. The molecule has 0 saturated heterocycles. The molecule has 0 spiro atoms. The van der Waals surface area contributed by atoms with E-state index in [9.17, 15) is 4.79 Å². The molecular weight excluding hydrogens is 428 g/mol. The van der Waals surface area contributed by atoms with Crippen LogP contribution in [0.15, 0.2) is 47.3 Å². The van der Waals surface area contributed by atoms with Gasteiger partial charge in [-0.1, -0.05) is 37.4 Å². The molecule has 1 unspecified atom stereocenters. The van der Waals surface area contributed by atoms with Crippen molar-refractivity contribution in [3.05, 3.63) is 47.7 Å². The zero-order valence-electron chi connectivity index (χ0n) is 19.2. The average molecular weight is 459 g/mol. The first-order valence-corrected chi connectivity index (χ1v) is 11.6. The molecule has 1 aliphatic rings. The maximum absolute atomic E-state index is 13.0.